The Labute approximate surface area is 95.0 Å². The van der Waals surface area contributed by atoms with Crippen LogP contribution in [0.5, 0.6) is 0 Å². The summed E-state index contributed by atoms with van der Waals surface area (Å²) in [6.07, 6.45) is -2.87. The van der Waals surface area contributed by atoms with E-state index in [9.17, 15) is 13.6 Å². The van der Waals surface area contributed by atoms with Gasteiger partial charge in [-0.2, -0.15) is 0 Å². The molecule has 1 aliphatic heterocycles. The van der Waals surface area contributed by atoms with Gasteiger partial charge in [0.05, 0.1) is 0 Å². The second kappa shape index (κ2) is 4.75. The van der Waals surface area contributed by atoms with Crippen molar-refractivity contribution < 1.29 is 13.6 Å². The molecule has 3 unspecified atom stereocenters. The van der Waals surface area contributed by atoms with Crippen molar-refractivity contribution in [2.24, 2.45) is 11.3 Å². The van der Waals surface area contributed by atoms with Gasteiger partial charge in [0.2, 0.25) is 6.43 Å². The quantitative estimate of drug-likeness (QED) is 0.758. The van der Waals surface area contributed by atoms with Crippen LogP contribution in [0, 0.1) is 11.3 Å². The molecule has 5 heteroatoms. The maximum absolute atomic E-state index is 12.6. The maximum Gasteiger partial charge on any atom is 0.244 e. The van der Waals surface area contributed by atoms with Crippen molar-refractivity contribution in [3.8, 4) is 0 Å². The van der Waals surface area contributed by atoms with Gasteiger partial charge in [0, 0.05) is 23.9 Å². The summed E-state index contributed by atoms with van der Waals surface area (Å²) in [6.45, 7) is 7.34. The number of rotatable bonds is 2. The lowest BCUT2D eigenvalue weighted by molar-refractivity contribution is -0.131. The number of carbonyl (C=O) groups excluding carboxylic acids is 1. The van der Waals surface area contributed by atoms with Crippen molar-refractivity contribution in [2.75, 3.05) is 6.54 Å². The molecule has 0 radical (unpaired) electrons. The summed E-state index contributed by atoms with van der Waals surface area (Å²) in [5, 5.41) is 5.76. The Hall–Kier alpha value is -0.550. The SMILES string of the molecule is CC1NC(C(=O)C(C)(C)C)NCC1C(F)F. The van der Waals surface area contributed by atoms with Crippen molar-refractivity contribution in [3.05, 3.63) is 0 Å². The molecule has 0 amide bonds. The van der Waals surface area contributed by atoms with E-state index in [-0.39, 0.29) is 18.4 Å². The molecule has 1 aliphatic rings. The summed E-state index contributed by atoms with van der Waals surface area (Å²) in [4.78, 5) is 11.9. The molecule has 0 aromatic rings. The Morgan fingerprint density at radius 2 is 1.94 bits per heavy atom. The third-order valence-corrected chi connectivity index (χ3v) is 2.95. The fraction of sp³-hybridized carbons (Fsp3) is 0.909. The van der Waals surface area contributed by atoms with E-state index in [1.807, 2.05) is 20.8 Å². The zero-order valence-electron chi connectivity index (χ0n) is 10.2. The number of Topliss-reactive ketones (excluding diaryl/α,β-unsaturated/α-hetero) is 1. The molecule has 1 saturated heterocycles. The molecule has 2 N–H and O–H groups in total. The van der Waals surface area contributed by atoms with Gasteiger partial charge in [0.25, 0.3) is 0 Å². The molecule has 0 aromatic heterocycles. The zero-order chi connectivity index (χ0) is 12.5. The molecule has 0 bridgehead atoms. The average molecular weight is 234 g/mol. The number of alkyl halides is 2. The van der Waals surface area contributed by atoms with Crippen LogP contribution >= 0.6 is 0 Å². The van der Waals surface area contributed by atoms with Crippen molar-refractivity contribution in [2.45, 2.75) is 46.3 Å². The topological polar surface area (TPSA) is 41.1 Å². The summed E-state index contributed by atoms with van der Waals surface area (Å²) in [6, 6.07) is -0.349. The molecule has 16 heavy (non-hydrogen) atoms. The Balaban J connectivity index is 2.62. The molecular weight excluding hydrogens is 214 g/mol. The standard InChI is InChI=1S/C11H20F2N2O/c1-6-7(9(12)13)5-14-10(15-6)8(16)11(2,3)4/h6-7,9-10,14-15H,5H2,1-4H3. The van der Waals surface area contributed by atoms with E-state index in [1.165, 1.54) is 0 Å². The number of hydrogen-bond acceptors (Lipinski definition) is 3. The van der Waals surface area contributed by atoms with Gasteiger partial charge < -0.3 is 0 Å². The normalized spacial score (nSPS) is 31.8. The van der Waals surface area contributed by atoms with E-state index in [0.29, 0.717) is 0 Å². The number of halogens is 2. The first kappa shape index (κ1) is 13.5. The Morgan fingerprint density at radius 1 is 1.38 bits per heavy atom. The van der Waals surface area contributed by atoms with Crippen LogP contribution in [0.1, 0.15) is 27.7 Å². The smallest absolute Gasteiger partial charge is 0.244 e. The van der Waals surface area contributed by atoms with Gasteiger partial charge in [0.1, 0.15) is 6.17 Å². The lowest BCUT2D eigenvalue weighted by atomic mass is 9.87. The monoisotopic (exact) mass is 234 g/mol. The molecule has 1 rings (SSSR count). The molecule has 1 heterocycles. The predicted octanol–water partition coefficient (Wildman–Crippen LogP) is 1.39. The van der Waals surface area contributed by atoms with E-state index in [4.69, 9.17) is 0 Å². The van der Waals surface area contributed by atoms with Crippen molar-refractivity contribution in [3.63, 3.8) is 0 Å². The first-order valence-electron chi connectivity index (χ1n) is 5.55. The molecule has 1 fully saturated rings. The van der Waals surface area contributed by atoms with Crippen molar-refractivity contribution >= 4 is 5.78 Å². The van der Waals surface area contributed by atoms with Gasteiger partial charge in [0.15, 0.2) is 5.78 Å². The van der Waals surface area contributed by atoms with Gasteiger partial charge >= 0.3 is 0 Å². The number of carbonyl (C=O) groups is 1. The fourth-order valence-corrected chi connectivity index (χ4v) is 1.78. The van der Waals surface area contributed by atoms with Gasteiger partial charge in [-0.25, -0.2) is 8.78 Å². The molecule has 94 valence electrons. The Kier molecular flexibility index (Phi) is 4.02. The second-order valence-electron chi connectivity index (χ2n) is 5.41. The maximum atomic E-state index is 12.6. The highest BCUT2D eigenvalue weighted by atomic mass is 19.3. The van der Waals surface area contributed by atoms with Gasteiger partial charge in [-0.15, -0.1) is 0 Å². The van der Waals surface area contributed by atoms with E-state index < -0.39 is 23.9 Å². The third-order valence-electron chi connectivity index (χ3n) is 2.95. The minimum atomic E-state index is -2.36. The summed E-state index contributed by atoms with van der Waals surface area (Å²) < 4.78 is 25.1. The molecule has 3 atom stereocenters. The first-order chi connectivity index (χ1) is 7.23. The van der Waals surface area contributed by atoms with E-state index >= 15 is 0 Å². The Morgan fingerprint density at radius 3 is 2.31 bits per heavy atom. The molecule has 3 nitrogen and oxygen atoms in total. The minimum absolute atomic E-state index is 0.00654. The van der Waals surface area contributed by atoms with Crippen LogP contribution in [-0.4, -0.2) is 31.0 Å². The highest BCUT2D eigenvalue weighted by molar-refractivity contribution is 5.88. The predicted molar refractivity (Wildman–Crippen MR) is 58.3 cm³/mol. The van der Waals surface area contributed by atoms with Crippen LogP contribution in [0.25, 0.3) is 0 Å². The molecule has 0 aromatic carbocycles. The summed E-state index contributed by atoms with van der Waals surface area (Å²) in [5.41, 5.74) is -0.470. The van der Waals surface area contributed by atoms with Gasteiger partial charge in [-0.05, 0) is 6.92 Å². The summed E-state index contributed by atoms with van der Waals surface area (Å²) >= 11 is 0. The lowest BCUT2D eigenvalue weighted by Gasteiger charge is -2.37. The highest BCUT2D eigenvalue weighted by Gasteiger charge is 2.38. The Bertz CT molecular complexity index is 263. The molecule has 0 saturated carbocycles. The third kappa shape index (κ3) is 2.98. The number of nitrogens with one attached hydrogen (secondary N) is 2. The summed E-state index contributed by atoms with van der Waals surface area (Å²) in [5.74, 6) is -0.726. The van der Waals surface area contributed by atoms with E-state index in [1.54, 1.807) is 6.92 Å². The molecule has 0 aliphatic carbocycles. The molecular formula is C11H20F2N2O. The van der Waals surface area contributed by atoms with Crippen molar-refractivity contribution in [1.82, 2.24) is 10.6 Å². The number of ketones is 1. The van der Waals surface area contributed by atoms with Crippen LogP contribution < -0.4 is 10.6 Å². The van der Waals surface area contributed by atoms with Crippen LogP contribution in [0.15, 0.2) is 0 Å². The minimum Gasteiger partial charge on any atom is -0.296 e. The van der Waals surface area contributed by atoms with E-state index in [0.717, 1.165) is 0 Å². The summed E-state index contributed by atoms with van der Waals surface area (Å²) in [7, 11) is 0. The largest absolute Gasteiger partial charge is 0.296 e. The van der Waals surface area contributed by atoms with Crippen LogP contribution in [0.4, 0.5) is 8.78 Å². The van der Waals surface area contributed by atoms with Crippen molar-refractivity contribution in [1.29, 1.82) is 0 Å². The highest BCUT2D eigenvalue weighted by Crippen LogP contribution is 2.21. The van der Waals surface area contributed by atoms with Crippen LogP contribution in [0.2, 0.25) is 0 Å². The first-order valence-corrected chi connectivity index (χ1v) is 5.55. The van der Waals surface area contributed by atoms with Crippen LogP contribution in [-0.2, 0) is 4.79 Å². The van der Waals surface area contributed by atoms with Gasteiger partial charge in [-0.1, -0.05) is 20.8 Å². The number of hydrogen-bond donors (Lipinski definition) is 2. The van der Waals surface area contributed by atoms with E-state index in [2.05, 4.69) is 10.6 Å². The average Bonchev–Trinajstić information content (AvgIpc) is 2.14. The van der Waals surface area contributed by atoms with Crippen LogP contribution in [0.3, 0.4) is 0 Å². The fourth-order valence-electron chi connectivity index (χ4n) is 1.78. The molecule has 0 spiro atoms. The lowest BCUT2D eigenvalue weighted by Crippen LogP contribution is -2.63. The van der Waals surface area contributed by atoms with Gasteiger partial charge in [-0.3, -0.25) is 15.4 Å². The second-order valence-corrected chi connectivity index (χ2v) is 5.41. The zero-order valence-corrected chi connectivity index (χ0v) is 10.2.